The second-order valence-corrected chi connectivity index (χ2v) is 8.15. The predicted octanol–water partition coefficient (Wildman–Crippen LogP) is 2.53. The van der Waals surface area contributed by atoms with Crippen molar-refractivity contribution in [2.45, 2.75) is 31.9 Å². The zero-order valence-electron chi connectivity index (χ0n) is 17.9. The number of methoxy groups -OCH3 is 1. The van der Waals surface area contributed by atoms with Gasteiger partial charge in [0.25, 0.3) is 0 Å². The number of aromatic nitrogens is 4. The number of fused-ring (bicyclic) bond motifs is 1. The molecule has 5 rings (SSSR count). The highest BCUT2D eigenvalue weighted by Gasteiger charge is 2.31. The zero-order chi connectivity index (χ0) is 22.1. The van der Waals surface area contributed by atoms with Crippen molar-refractivity contribution in [2.24, 2.45) is 5.92 Å². The lowest BCUT2D eigenvalue weighted by molar-refractivity contribution is -0.132. The summed E-state index contributed by atoms with van der Waals surface area (Å²) in [5, 5.41) is 9.00. The van der Waals surface area contributed by atoms with Gasteiger partial charge in [0.2, 0.25) is 11.9 Å². The SMILES string of the molecule is COc1ccc(-c2nc(N3CCC(C(=O)NO)C3)nc3c2ncn3C2CCCCO2)cc1. The van der Waals surface area contributed by atoms with Gasteiger partial charge in [-0.25, -0.2) is 15.4 Å². The summed E-state index contributed by atoms with van der Waals surface area (Å²) in [5.41, 5.74) is 4.79. The average molecular weight is 438 g/mol. The molecule has 2 aliphatic heterocycles. The molecule has 0 saturated carbocycles. The van der Waals surface area contributed by atoms with E-state index in [1.165, 1.54) is 0 Å². The van der Waals surface area contributed by atoms with Crippen LogP contribution >= 0.6 is 0 Å². The fourth-order valence-electron chi connectivity index (χ4n) is 4.40. The molecule has 1 amide bonds. The molecule has 4 heterocycles. The van der Waals surface area contributed by atoms with Crippen molar-refractivity contribution in [3.05, 3.63) is 30.6 Å². The molecule has 2 atom stereocenters. The molecular formula is C22H26N6O4. The lowest BCUT2D eigenvalue weighted by atomic mass is 10.1. The predicted molar refractivity (Wildman–Crippen MR) is 116 cm³/mol. The van der Waals surface area contributed by atoms with Crippen LogP contribution in [0.15, 0.2) is 30.6 Å². The Bertz CT molecular complexity index is 1110. The van der Waals surface area contributed by atoms with Crippen LogP contribution in [-0.2, 0) is 9.53 Å². The van der Waals surface area contributed by atoms with Crippen LogP contribution in [0.5, 0.6) is 5.75 Å². The topological polar surface area (TPSA) is 115 Å². The van der Waals surface area contributed by atoms with Crippen LogP contribution in [0.25, 0.3) is 22.4 Å². The fraction of sp³-hybridized carbons (Fsp3) is 0.455. The highest BCUT2D eigenvalue weighted by molar-refractivity contribution is 5.88. The van der Waals surface area contributed by atoms with Gasteiger partial charge in [-0.1, -0.05) is 0 Å². The van der Waals surface area contributed by atoms with Crippen molar-refractivity contribution >= 4 is 23.0 Å². The second-order valence-electron chi connectivity index (χ2n) is 8.15. The highest BCUT2D eigenvalue weighted by Crippen LogP contribution is 2.33. The largest absolute Gasteiger partial charge is 0.497 e. The molecule has 0 aliphatic carbocycles. The Morgan fingerprint density at radius 1 is 1.22 bits per heavy atom. The van der Waals surface area contributed by atoms with Crippen LogP contribution < -0.4 is 15.1 Å². The Labute approximate surface area is 185 Å². The number of benzene rings is 1. The molecule has 32 heavy (non-hydrogen) atoms. The van der Waals surface area contributed by atoms with Gasteiger partial charge in [0.15, 0.2) is 5.65 Å². The van der Waals surface area contributed by atoms with Crippen LogP contribution in [-0.4, -0.2) is 57.4 Å². The molecule has 0 bridgehead atoms. The number of carbonyl (C=O) groups excluding carboxylic acids is 1. The third-order valence-corrected chi connectivity index (χ3v) is 6.19. The van der Waals surface area contributed by atoms with Gasteiger partial charge in [-0.15, -0.1) is 0 Å². The number of hydroxylamine groups is 1. The number of nitrogens with one attached hydrogen (secondary N) is 1. The smallest absolute Gasteiger partial charge is 0.248 e. The number of imidazole rings is 1. The summed E-state index contributed by atoms with van der Waals surface area (Å²) in [6, 6.07) is 7.68. The van der Waals surface area contributed by atoms with Crippen molar-refractivity contribution < 1.29 is 19.5 Å². The Kier molecular flexibility index (Phi) is 5.62. The van der Waals surface area contributed by atoms with Crippen molar-refractivity contribution in [2.75, 3.05) is 31.7 Å². The van der Waals surface area contributed by atoms with E-state index in [1.807, 2.05) is 33.7 Å². The van der Waals surface area contributed by atoms with E-state index in [9.17, 15) is 4.79 Å². The van der Waals surface area contributed by atoms with Crippen molar-refractivity contribution in [3.8, 4) is 17.0 Å². The van der Waals surface area contributed by atoms with Gasteiger partial charge in [-0.2, -0.15) is 4.98 Å². The minimum absolute atomic E-state index is 0.105. The quantitative estimate of drug-likeness (QED) is 0.461. The summed E-state index contributed by atoms with van der Waals surface area (Å²) in [7, 11) is 1.63. The molecule has 0 radical (unpaired) electrons. The summed E-state index contributed by atoms with van der Waals surface area (Å²) < 4.78 is 13.3. The molecule has 2 N–H and O–H groups in total. The first kappa shape index (κ1) is 20.7. The number of ether oxygens (including phenoxy) is 2. The van der Waals surface area contributed by atoms with Gasteiger partial charge in [0.1, 0.15) is 23.2 Å². The molecule has 2 unspecified atom stereocenters. The van der Waals surface area contributed by atoms with E-state index in [4.69, 9.17) is 24.6 Å². The van der Waals surface area contributed by atoms with Gasteiger partial charge in [-0.05, 0) is 49.9 Å². The number of hydrogen-bond donors (Lipinski definition) is 2. The van der Waals surface area contributed by atoms with E-state index in [-0.39, 0.29) is 18.1 Å². The zero-order valence-corrected chi connectivity index (χ0v) is 17.9. The van der Waals surface area contributed by atoms with E-state index >= 15 is 0 Å². The summed E-state index contributed by atoms with van der Waals surface area (Å²) in [4.78, 5) is 28.2. The molecule has 1 aromatic carbocycles. The van der Waals surface area contributed by atoms with Crippen molar-refractivity contribution in [3.63, 3.8) is 0 Å². The average Bonchev–Trinajstić information content (AvgIpc) is 3.51. The number of rotatable bonds is 5. The van der Waals surface area contributed by atoms with Crippen LogP contribution in [0.4, 0.5) is 5.95 Å². The normalized spacial score (nSPS) is 21.1. The maximum absolute atomic E-state index is 11.9. The minimum Gasteiger partial charge on any atom is -0.497 e. The highest BCUT2D eigenvalue weighted by atomic mass is 16.5. The Balaban J connectivity index is 1.59. The Morgan fingerprint density at radius 3 is 2.78 bits per heavy atom. The number of nitrogens with zero attached hydrogens (tertiary/aromatic N) is 5. The molecular weight excluding hydrogens is 412 g/mol. The number of hydrogen-bond acceptors (Lipinski definition) is 8. The monoisotopic (exact) mass is 438 g/mol. The van der Waals surface area contributed by atoms with E-state index < -0.39 is 0 Å². The molecule has 168 valence electrons. The summed E-state index contributed by atoms with van der Waals surface area (Å²) in [6.45, 7) is 1.78. The van der Waals surface area contributed by atoms with E-state index in [2.05, 4.69) is 4.98 Å². The van der Waals surface area contributed by atoms with Gasteiger partial charge >= 0.3 is 0 Å². The second kappa shape index (κ2) is 8.71. The molecule has 2 aliphatic rings. The van der Waals surface area contributed by atoms with Gasteiger partial charge < -0.3 is 14.4 Å². The molecule has 2 aromatic heterocycles. The maximum atomic E-state index is 11.9. The molecule has 0 spiro atoms. The fourth-order valence-corrected chi connectivity index (χ4v) is 4.40. The van der Waals surface area contributed by atoms with Crippen molar-refractivity contribution in [1.29, 1.82) is 0 Å². The lowest BCUT2D eigenvalue weighted by Gasteiger charge is -2.24. The number of anilines is 1. The maximum Gasteiger partial charge on any atom is 0.248 e. The van der Waals surface area contributed by atoms with Gasteiger partial charge in [0.05, 0.1) is 19.4 Å². The van der Waals surface area contributed by atoms with Crippen LogP contribution in [0, 0.1) is 5.92 Å². The molecule has 10 heteroatoms. The Morgan fingerprint density at radius 2 is 2.06 bits per heavy atom. The number of carbonyl (C=O) groups is 1. The molecule has 2 saturated heterocycles. The summed E-state index contributed by atoms with van der Waals surface area (Å²) >= 11 is 0. The first-order chi connectivity index (χ1) is 15.7. The van der Waals surface area contributed by atoms with Gasteiger partial charge in [-0.3, -0.25) is 14.6 Å². The standard InChI is InChI=1S/C22H26N6O4/c1-31-16-7-5-14(6-8-16)18-19-20(28(13-23-19)17-4-2-3-11-32-17)25-22(24-18)27-10-9-15(12-27)21(29)26-30/h5-8,13,15,17,30H,2-4,9-12H2,1H3,(H,26,29). The van der Waals surface area contributed by atoms with Crippen LogP contribution in [0.2, 0.25) is 0 Å². The summed E-state index contributed by atoms with van der Waals surface area (Å²) in [6.07, 6.45) is 5.35. The molecule has 2 fully saturated rings. The first-order valence-corrected chi connectivity index (χ1v) is 10.9. The third-order valence-electron chi connectivity index (χ3n) is 6.19. The molecule has 3 aromatic rings. The lowest BCUT2D eigenvalue weighted by Crippen LogP contribution is -2.31. The molecule has 10 nitrogen and oxygen atoms in total. The van der Waals surface area contributed by atoms with E-state index in [1.54, 1.807) is 18.9 Å². The number of amides is 1. The van der Waals surface area contributed by atoms with E-state index in [0.717, 1.165) is 42.9 Å². The van der Waals surface area contributed by atoms with Crippen molar-refractivity contribution in [1.82, 2.24) is 25.0 Å². The third kappa shape index (κ3) is 3.76. The minimum atomic E-state index is -0.385. The van der Waals surface area contributed by atoms with Gasteiger partial charge in [0, 0.05) is 25.3 Å². The van der Waals surface area contributed by atoms with Crippen LogP contribution in [0.3, 0.4) is 0 Å². The van der Waals surface area contributed by atoms with E-state index in [0.29, 0.717) is 36.6 Å². The Hall–Kier alpha value is -3.24. The summed E-state index contributed by atoms with van der Waals surface area (Å²) in [5.74, 6) is 0.604. The first-order valence-electron chi connectivity index (χ1n) is 10.9. The van der Waals surface area contributed by atoms with Crippen LogP contribution in [0.1, 0.15) is 31.9 Å².